The number of carbonyl (C=O) groups excluding carboxylic acids is 1. The average Bonchev–Trinajstić information content (AvgIpc) is 2.58. The number of nitrogens with zero attached hydrogens (tertiary/aromatic N) is 1. The van der Waals surface area contributed by atoms with Crippen molar-refractivity contribution in [2.24, 2.45) is 10.7 Å². The van der Waals surface area contributed by atoms with Gasteiger partial charge in [-0.05, 0) is 59.1 Å². The summed E-state index contributed by atoms with van der Waals surface area (Å²) in [5.41, 5.74) is 5.83. The number of guanidine groups is 1. The van der Waals surface area contributed by atoms with Crippen LogP contribution in [0.25, 0.3) is 0 Å². The molecule has 10 nitrogen and oxygen atoms in total. The van der Waals surface area contributed by atoms with Crippen LogP contribution < -0.4 is 15.8 Å². The molecule has 5 N–H and O–H groups in total. The summed E-state index contributed by atoms with van der Waals surface area (Å²) in [7, 11) is -3.82. The molecule has 1 rings (SSSR count). The van der Waals surface area contributed by atoms with Crippen LogP contribution in [0.2, 0.25) is 0 Å². The Hall–Kier alpha value is -2.82. The number of ether oxygens (including phenoxy) is 1. The Balaban J connectivity index is 2.48. The number of nitrogens with one attached hydrogen (secondary N) is 2. The second-order valence-corrected chi connectivity index (χ2v) is 9.40. The van der Waals surface area contributed by atoms with E-state index in [-0.39, 0.29) is 23.8 Å². The molecular formula is C19H30N4O6S. The maximum atomic E-state index is 12.2. The first kappa shape index (κ1) is 25.2. The zero-order valence-corrected chi connectivity index (χ0v) is 18.5. The van der Waals surface area contributed by atoms with Gasteiger partial charge in [-0.25, -0.2) is 22.7 Å². The number of unbranched alkanes of at least 4 members (excludes halogenated alkanes) is 1. The molecule has 0 heterocycles. The molecule has 1 unspecified atom stereocenters. The standard InChI is InChI=1S/C19H30N4O6S/c1-13-8-10-14(11-9-13)30(27,28)23-17(20)21-12-6-5-7-15(16(24)25)22-18(26)29-19(2,3)4/h8-11,15H,5-7,12H2,1-4H3,(H,22,26)(H,24,25)(H3,20,21,23). The molecule has 30 heavy (non-hydrogen) atoms. The summed E-state index contributed by atoms with van der Waals surface area (Å²) in [6.45, 7) is 7.08. The first-order valence-corrected chi connectivity index (χ1v) is 10.9. The monoisotopic (exact) mass is 442 g/mol. The molecule has 1 aromatic rings. The lowest BCUT2D eigenvalue weighted by atomic mass is 10.1. The Morgan fingerprint density at radius 1 is 1.20 bits per heavy atom. The van der Waals surface area contributed by atoms with E-state index in [1.807, 2.05) is 6.92 Å². The lowest BCUT2D eigenvalue weighted by Crippen LogP contribution is -2.43. The largest absolute Gasteiger partial charge is 0.480 e. The number of carbonyl (C=O) groups is 2. The fourth-order valence-electron chi connectivity index (χ4n) is 2.31. The molecule has 1 amide bonds. The number of carboxylic acids is 1. The second kappa shape index (κ2) is 10.8. The van der Waals surface area contributed by atoms with Crippen LogP contribution in [-0.4, -0.2) is 49.7 Å². The predicted molar refractivity (Wildman–Crippen MR) is 113 cm³/mol. The summed E-state index contributed by atoms with van der Waals surface area (Å²) >= 11 is 0. The Morgan fingerprint density at radius 2 is 1.80 bits per heavy atom. The number of carboxylic acid groups (broad SMARTS) is 1. The van der Waals surface area contributed by atoms with Gasteiger partial charge in [0.2, 0.25) is 5.96 Å². The van der Waals surface area contributed by atoms with E-state index in [1.54, 1.807) is 32.9 Å². The van der Waals surface area contributed by atoms with E-state index in [0.717, 1.165) is 5.56 Å². The minimum Gasteiger partial charge on any atom is -0.480 e. The molecule has 0 aliphatic rings. The van der Waals surface area contributed by atoms with Gasteiger partial charge >= 0.3 is 12.1 Å². The lowest BCUT2D eigenvalue weighted by molar-refractivity contribution is -0.139. The average molecular weight is 443 g/mol. The van der Waals surface area contributed by atoms with Crippen molar-refractivity contribution in [1.82, 2.24) is 10.0 Å². The van der Waals surface area contributed by atoms with Crippen LogP contribution in [0.3, 0.4) is 0 Å². The van der Waals surface area contributed by atoms with Gasteiger partial charge < -0.3 is 20.9 Å². The predicted octanol–water partition coefficient (Wildman–Crippen LogP) is 1.74. The molecular weight excluding hydrogens is 412 g/mol. The third-order valence-electron chi connectivity index (χ3n) is 3.74. The van der Waals surface area contributed by atoms with Gasteiger partial charge in [-0.3, -0.25) is 4.99 Å². The van der Waals surface area contributed by atoms with Gasteiger partial charge in [0, 0.05) is 6.54 Å². The molecule has 0 radical (unpaired) electrons. The van der Waals surface area contributed by atoms with Crippen LogP contribution in [-0.2, 0) is 19.6 Å². The van der Waals surface area contributed by atoms with Gasteiger partial charge in [0.25, 0.3) is 10.0 Å². The Bertz CT molecular complexity index is 860. The highest BCUT2D eigenvalue weighted by molar-refractivity contribution is 7.90. The summed E-state index contributed by atoms with van der Waals surface area (Å²) in [5, 5.41) is 11.5. The Morgan fingerprint density at radius 3 is 2.33 bits per heavy atom. The van der Waals surface area contributed by atoms with Crippen molar-refractivity contribution in [3.63, 3.8) is 0 Å². The highest BCUT2D eigenvalue weighted by Crippen LogP contribution is 2.10. The van der Waals surface area contributed by atoms with Gasteiger partial charge in [-0.2, -0.15) is 0 Å². The molecule has 1 aromatic carbocycles. The highest BCUT2D eigenvalue weighted by atomic mass is 32.2. The molecule has 168 valence electrons. The topological polar surface area (TPSA) is 160 Å². The quantitative estimate of drug-likeness (QED) is 0.257. The zero-order chi connectivity index (χ0) is 22.9. The molecule has 0 bridgehead atoms. The smallest absolute Gasteiger partial charge is 0.408 e. The van der Waals surface area contributed by atoms with Crippen LogP contribution in [0.15, 0.2) is 34.2 Å². The van der Waals surface area contributed by atoms with E-state index in [0.29, 0.717) is 12.8 Å². The van der Waals surface area contributed by atoms with Gasteiger partial charge in [-0.1, -0.05) is 17.7 Å². The third-order valence-corrected chi connectivity index (χ3v) is 5.11. The van der Waals surface area contributed by atoms with Gasteiger partial charge in [0.15, 0.2) is 0 Å². The molecule has 1 atom stereocenters. The summed E-state index contributed by atoms with van der Waals surface area (Å²) in [4.78, 5) is 27.0. The first-order valence-electron chi connectivity index (χ1n) is 9.42. The molecule has 0 aromatic heterocycles. The number of aliphatic carboxylic acids is 1. The number of amides is 1. The molecule has 0 saturated heterocycles. The maximum Gasteiger partial charge on any atom is 0.408 e. The summed E-state index contributed by atoms with van der Waals surface area (Å²) < 4.78 is 31.7. The number of nitrogens with two attached hydrogens (primary N) is 1. The van der Waals surface area contributed by atoms with Crippen molar-refractivity contribution in [3.05, 3.63) is 29.8 Å². The molecule has 0 spiro atoms. The first-order chi connectivity index (χ1) is 13.8. The van der Waals surface area contributed by atoms with Crippen molar-refractivity contribution >= 4 is 28.0 Å². The van der Waals surface area contributed by atoms with Crippen LogP contribution in [0, 0.1) is 6.92 Å². The van der Waals surface area contributed by atoms with Crippen LogP contribution in [0.1, 0.15) is 45.6 Å². The van der Waals surface area contributed by atoms with E-state index < -0.39 is 33.7 Å². The number of alkyl carbamates (subject to hydrolysis) is 1. The molecule has 0 aliphatic carbocycles. The second-order valence-electron chi connectivity index (χ2n) is 7.72. The van der Waals surface area contributed by atoms with Crippen molar-refractivity contribution in [1.29, 1.82) is 0 Å². The molecule has 0 aliphatic heterocycles. The molecule has 0 fully saturated rings. The summed E-state index contributed by atoms with van der Waals surface area (Å²) in [6.07, 6.45) is 0.239. The van der Waals surface area contributed by atoms with Gasteiger partial charge in [0.1, 0.15) is 11.6 Å². The number of benzene rings is 1. The van der Waals surface area contributed by atoms with E-state index in [9.17, 15) is 23.1 Å². The summed E-state index contributed by atoms with van der Waals surface area (Å²) in [5.74, 6) is -1.42. The molecule has 11 heteroatoms. The van der Waals surface area contributed by atoms with Crippen molar-refractivity contribution in [3.8, 4) is 0 Å². The minimum atomic E-state index is -3.82. The van der Waals surface area contributed by atoms with Crippen molar-refractivity contribution in [2.45, 2.75) is 63.5 Å². The highest BCUT2D eigenvalue weighted by Gasteiger charge is 2.23. The van der Waals surface area contributed by atoms with Crippen LogP contribution >= 0.6 is 0 Å². The zero-order valence-electron chi connectivity index (χ0n) is 17.6. The third kappa shape index (κ3) is 9.59. The van der Waals surface area contributed by atoms with Gasteiger partial charge in [-0.15, -0.1) is 0 Å². The van der Waals surface area contributed by atoms with E-state index in [1.165, 1.54) is 12.1 Å². The Kier molecular flexibility index (Phi) is 9.09. The number of hydrogen-bond donors (Lipinski definition) is 4. The minimum absolute atomic E-state index is 0.0729. The van der Waals surface area contributed by atoms with E-state index >= 15 is 0 Å². The maximum absolute atomic E-state index is 12.2. The van der Waals surface area contributed by atoms with Crippen molar-refractivity contribution in [2.75, 3.05) is 6.54 Å². The van der Waals surface area contributed by atoms with Crippen LogP contribution in [0.4, 0.5) is 4.79 Å². The SMILES string of the molecule is Cc1ccc(S(=O)(=O)NC(N)=NCCCCC(NC(=O)OC(C)(C)C)C(=O)O)cc1. The fraction of sp³-hybridized carbons (Fsp3) is 0.526. The fourth-order valence-corrected chi connectivity index (χ4v) is 3.27. The number of sulfonamides is 1. The van der Waals surface area contributed by atoms with Crippen molar-refractivity contribution < 1.29 is 27.9 Å². The Labute approximate surface area is 177 Å². The van der Waals surface area contributed by atoms with Crippen LogP contribution in [0.5, 0.6) is 0 Å². The lowest BCUT2D eigenvalue weighted by Gasteiger charge is -2.21. The van der Waals surface area contributed by atoms with E-state index in [2.05, 4.69) is 15.0 Å². The normalized spacial score (nSPS) is 13.4. The summed E-state index contributed by atoms with van der Waals surface area (Å²) in [6, 6.07) is 5.18. The van der Waals surface area contributed by atoms with E-state index in [4.69, 9.17) is 10.5 Å². The number of hydrogen-bond acceptors (Lipinski definition) is 6. The number of rotatable bonds is 9. The van der Waals surface area contributed by atoms with Gasteiger partial charge in [0.05, 0.1) is 4.90 Å². The number of aryl methyl sites for hydroxylation is 1. The molecule has 0 saturated carbocycles. The number of aliphatic imine (C=N–C) groups is 1.